The summed E-state index contributed by atoms with van der Waals surface area (Å²) in [6.07, 6.45) is 5.17. The maximum Gasteiger partial charge on any atom is 0.159 e. The second-order valence-corrected chi connectivity index (χ2v) is 6.79. The molecule has 0 bridgehead atoms. The van der Waals surface area contributed by atoms with Crippen molar-refractivity contribution in [3.05, 3.63) is 35.4 Å². The van der Waals surface area contributed by atoms with Gasteiger partial charge in [-0.15, -0.1) is 0 Å². The summed E-state index contributed by atoms with van der Waals surface area (Å²) in [6, 6.07) is 4.20. The minimum atomic E-state index is -0.782. The second-order valence-electron chi connectivity index (χ2n) is 6.79. The zero-order valence-electron chi connectivity index (χ0n) is 11.8. The third kappa shape index (κ3) is 3.33. The molecule has 1 fully saturated rings. The Morgan fingerprint density at radius 1 is 1.05 bits per heavy atom. The lowest BCUT2D eigenvalue weighted by Crippen LogP contribution is -2.39. The van der Waals surface area contributed by atoms with E-state index in [0.717, 1.165) is 37.7 Å². The molecule has 0 radical (unpaired) electrons. The number of nitrogens with two attached hydrogens (primary N) is 1. The molecule has 1 aromatic carbocycles. The van der Waals surface area contributed by atoms with Gasteiger partial charge in [-0.25, -0.2) is 8.78 Å². The van der Waals surface area contributed by atoms with Gasteiger partial charge in [0.25, 0.3) is 0 Å². The van der Waals surface area contributed by atoms with Crippen LogP contribution in [0.4, 0.5) is 8.78 Å². The predicted octanol–water partition coefficient (Wildman–Crippen LogP) is 4.05. The zero-order chi connectivity index (χ0) is 14.1. The molecular formula is C16H23F2N. The molecule has 2 N–H and O–H groups in total. The fraction of sp³-hybridized carbons (Fsp3) is 0.625. The van der Waals surface area contributed by atoms with E-state index < -0.39 is 11.6 Å². The van der Waals surface area contributed by atoms with Crippen LogP contribution in [0.15, 0.2) is 18.2 Å². The van der Waals surface area contributed by atoms with Gasteiger partial charge >= 0.3 is 0 Å². The second kappa shape index (κ2) is 5.20. The standard InChI is InChI=1S/C16H23F2N/c1-15(2)5-7-16(11-19,8-6-15)10-12-3-4-13(17)14(18)9-12/h3-4,9H,5-8,10-11,19H2,1-2H3. The van der Waals surface area contributed by atoms with E-state index in [1.807, 2.05) is 0 Å². The highest BCUT2D eigenvalue weighted by Crippen LogP contribution is 2.46. The summed E-state index contributed by atoms with van der Waals surface area (Å²) in [5.74, 6) is -1.55. The number of rotatable bonds is 3. The summed E-state index contributed by atoms with van der Waals surface area (Å²) >= 11 is 0. The number of halogens is 2. The first-order chi connectivity index (χ1) is 8.86. The molecule has 1 aliphatic rings. The number of hydrogen-bond acceptors (Lipinski definition) is 1. The highest BCUT2D eigenvalue weighted by atomic mass is 19.2. The lowest BCUT2D eigenvalue weighted by Gasteiger charge is -2.43. The van der Waals surface area contributed by atoms with Gasteiger partial charge < -0.3 is 5.73 Å². The normalized spacial score (nSPS) is 21.3. The van der Waals surface area contributed by atoms with Crippen LogP contribution in [-0.2, 0) is 6.42 Å². The van der Waals surface area contributed by atoms with Crippen LogP contribution < -0.4 is 5.73 Å². The van der Waals surface area contributed by atoms with Crippen molar-refractivity contribution in [3.63, 3.8) is 0 Å². The van der Waals surface area contributed by atoms with Gasteiger partial charge in [0, 0.05) is 0 Å². The molecule has 0 aliphatic heterocycles. The van der Waals surface area contributed by atoms with E-state index in [1.165, 1.54) is 12.1 Å². The Balaban J connectivity index is 2.13. The van der Waals surface area contributed by atoms with Crippen LogP contribution in [0.25, 0.3) is 0 Å². The molecule has 1 aliphatic carbocycles. The predicted molar refractivity (Wildman–Crippen MR) is 73.8 cm³/mol. The van der Waals surface area contributed by atoms with Crippen molar-refractivity contribution in [2.24, 2.45) is 16.6 Å². The summed E-state index contributed by atoms with van der Waals surface area (Å²) < 4.78 is 26.2. The molecule has 19 heavy (non-hydrogen) atoms. The lowest BCUT2D eigenvalue weighted by atomic mass is 9.63. The fourth-order valence-electron chi connectivity index (χ4n) is 2.99. The Labute approximate surface area is 114 Å². The van der Waals surface area contributed by atoms with Gasteiger partial charge in [-0.2, -0.15) is 0 Å². The van der Waals surface area contributed by atoms with Crippen LogP contribution in [0.5, 0.6) is 0 Å². The average molecular weight is 267 g/mol. The molecule has 0 atom stereocenters. The van der Waals surface area contributed by atoms with Crippen LogP contribution >= 0.6 is 0 Å². The fourth-order valence-corrected chi connectivity index (χ4v) is 2.99. The summed E-state index contributed by atoms with van der Waals surface area (Å²) in [5, 5.41) is 0. The molecule has 0 saturated heterocycles. The molecule has 2 rings (SSSR count). The van der Waals surface area contributed by atoms with E-state index in [1.54, 1.807) is 6.07 Å². The largest absolute Gasteiger partial charge is 0.330 e. The summed E-state index contributed by atoms with van der Waals surface area (Å²) in [6.45, 7) is 5.18. The SMILES string of the molecule is CC1(C)CCC(CN)(Cc2ccc(F)c(F)c2)CC1. The molecule has 1 saturated carbocycles. The molecule has 0 amide bonds. The highest BCUT2D eigenvalue weighted by molar-refractivity contribution is 5.20. The van der Waals surface area contributed by atoms with E-state index in [2.05, 4.69) is 13.8 Å². The maximum atomic E-state index is 13.3. The van der Waals surface area contributed by atoms with Gasteiger partial charge in [0.15, 0.2) is 11.6 Å². The summed E-state index contributed by atoms with van der Waals surface area (Å²) in [4.78, 5) is 0. The first kappa shape index (κ1) is 14.4. The van der Waals surface area contributed by atoms with Gasteiger partial charge in [-0.3, -0.25) is 0 Å². The van der Waals surface area contributed by atoms with Crippen LogP contribution in [0.1, 0.15) is 45.1 Å². The Bertz CT molecular complexity index is 444. The molecule has 106 valence electrons. The number of hydrogen-bond donors (Lipinski definition) is 1. The van der Waals surface area contributed by atoms with E-state index in [-0.39, 0.29) is 5.41 Å². The third-order valence-electron chi connectivity index (χ3n) is 4.66. The Morgan fingerprint density at radius 2 is 1.68 bits per heavy atom. The van der Waals surface area contributed by atoms with E-state index in [4.69, 9.17) is 5.73 Å². The van der Waals surface area contributed by atoms with Gasteiger partial charge in [0.05, 0.1) is 0 Å². The minimum absolute atomic E-state index is 0.0553. The van der Waals surface area contributed by atoms with Gasteiger partial charge in [-0.05, 0) is 67.2 Å². The van der Waals surface area contributed by atoms with Crippen molar-refractivity contribution in [1.29, 1.82) is 0 Å². The summed E-state index contributed by atoms with van der Waals surface area (Å²) in [5.41, 5.74) is 7.26. The Morgan fingerprint density at radius 3 is 2.21 bits per heavy atom. The van der Waals surface area contributed by atoms with Crippen molar-refractivity contribution in [1.82, 2.24) is 0 Å². The third-order valence-corrected chi connectivity index (χ3v) is 4.66. The van der Waals surface area contributed by atoms with E-state index in [9.17, 15) is 8.78 Å². The van der Waals surface area contributed by atoms with Crippen LogP contribution in [0.2, 0.25) is 0 Å². The molecular weight excluding hydrogens is 244 g/mol. The first-order valence-electron chi connectivity index (χ1n) is 7.00. The molecule has 0 heterocycles. The maximum absolute atomic E-state index is 13.3. The lowest BCUT2D eigenvalue weighted by molar-refractivity contribution is 0.108. The van der Waals surface area contributed by atoms with Crippen LogP contribution in [0, 0.1) is 22.5 Å². The molecule has 0 aromatic heterocycles. The van der Waals surface area contributed by atoms with Crippen molar-refractivity contribution < 1.29 is 8.78 Å². The molecule has 0 spiro atoms. The number of benzene rings is 1. The molecule has 1 nitrogen and oxygen atoms in total. The minimum Gasteiger partial charge on any atom is -0.330 e. The quantitative estimate of drug-likeness (QED) is 0.878. The smallest absolute Gasteiger partial charge is 0.159 e. The van der Waals surface area contributed by atoms with Crippen molar-refractivity contribution in [2.75, 3.05) is 6.54 Å². The van der Waals surface area contributed by atoms with Crippen molar-refractivity contribution in [2.45, 2.75) is 46.0 Å². The van der Waals surface area contributed by atoms with Gasteiger partial charge in [0.1, 0.15) is 0 Å². The Hall–Kier alpha value is -0.960. The topological polar surface area (TPSA) is 26.0 Å². The summed E-state index contributed by atoms with van der Waals surface area (Å²) in [7, 11) is 0. The van der Waals surface area contributed by atoms with Crippen molar-refractivity contribution >= 4 is 0 Å². The monoisotopic (exact) mass is 267 g/mol. The Kier molecular flexibility index (Phi) is 3.95. The van der Waals surface area contributed by atoms with E-state index in [0.29, 0.717) is 12.0 Å². The molecule has 0 unspecified atom stereocenters. The van der Waals surface area contributed by atoms with Gasteiger partial charge in [-0.1, -0.05) is 19.9 Å². The molecule has 3 heteroatoms. The van der Waals surface area contributed by atoms with Crippen LogP contribution in [-0.4, -0.2) is 6.54 Å². The zero-order valence-corrected chi connectivity index (χ0v) is 11.8. The molecule has 1 aromatic rings. The van der Waals surface area contributed by atoms with E-state index >= 15 is 0 Å². The van der Waals surface area contributed by atoms with Gasteiger partial charge in [0.2, 0.25) is 0 Å². The van der Waals surface area contributed by atoms with Crippen LogP contribution in [0.3, 0.4) is 0 Å². The average Bonchev–Trinajstić information content (AvgIpc) is 2.37. The van der Waals surface area contributed by atoms with Crippen molar-refractivity contribution in [3.8, 4) is 0 Å². The highest BCUT2D eigenvalue weighted by Gasteiger charge is 2.37. The first-order valence-corrected chi connectivity index (χ1v) is 7.00.